The Labute approximate surface area is 277 Å². The van der Waals surface area contributed by atoms with Crippen molar-refractivity contribution in [2.24, 2.45) is 0 Å². The van der Waals surface area contributed by atoms with E-state index in [9.17, 15) is 10.2 Å². The van der Waals surface area contributed by atoms with Gasteiger partial charge in [0.15, 0.2) is 0 Å². The quantitative estimate of drug-likeness (QED) is 0.158. The Hall–Kier alpha value is -0.820. The van der Waals surface area contributed by atoms with Gasteiger partial charge in [0.1, 0.15) is 11.5 Å². The van der Waals surface area contributed by atoms with Crippen LogP contribution < -0.4 is 0 Å². The van der Waals surface area contributed by atoms with Crippen LogP contribution in [0, 0.1) is 14.3 Å². The van der Waals surface area contributed by atoms with Crippen LogP contribution in [0.1, 0.15) is 22.5 Å². The third-order valence-corrected chi connectivity index (χ3v) is 8.85. The van der Waals surface area contributed by atoms with Crippen molar-refractivity contribution in [1.82, 2.24) is 19.8 Å². The molecule has 6 nitrogen and oxygen atoms in total. The number of pyridine rings is 2. The summed E-state index contributed by atoms with van der Waals surface area (Å²) in [5.41, 5.74) is 3.76. The number of benzene rings is 2. The number of nitrogens with zero attached hydrogens (tertiary/aromatic N) is 4. The first-order valence-electron chi connectivity index (χ1n) is 11.9. The standard InChI is InChI=1S/C28H26I4N4O2/c29-21-11-19(27(37)25(31)13-21)15-35(17-23-5-1-3-7-33-23)9-10-36(18-24-6-2-4-8-34-24)16-20-12-22(30)14-26(32)28(20)38/h1-8,11-14,37-38H,9-10,15-18H2. The molecule has 0 atom stereocenters. The molecule has 2 aromatic heterocycles. The topological polar surface area (TPSA) is 72.7 Å². The molecule has 198 valence electrons. The first-order valence-corrected chi connectivity index (χ1v) is 16.2. The van der Waals surface area contributed by atoms with Gasteiger partial charge in [0, 0.05) is 69.9 Å². The van der Waals surface area contributed by atoms with Crippen molar-refractivity contribution >= 4 is 90.4 Å². The molecule has 4 aromatic rings. The summed E-state index contributed by atoms with van der Waals surface area (Å²) in [5.74, 6) is 0.668. The van der Waals surface area contributed by atoms with E-state index >= 15 is 0 Å². The van der Waals surface area contributed by atoms with Gasteiger partial charge in [-0.3, -0.25) is 19.8 Å². The normalized spacial score (nSPS) is 11.4. The molecule has 10 heteroatoms. The van der Waals surface area contributed by atoms with E-state index in [1.165, 1.54) is 0 Å². The fraction of sp³-hybridized carbons (Fsp3) is 0.214. The highest BCUT2D eigenvalue weighted by atomic mass is 127. The van der Waals surface area contributed by atoms with Crippen molar-refractivity contribution < 1.29 is 10.2 Å². The first kappa shape index (κ1) is 30.1. The lowest BCUT2D eigenvalue weighted by Crippen LogP contribution is -2.34. The number of phenolic OH excluding ortho intramolecular Hbond substituents is 2. The van der Waals surface area contributed by atoms with Crippen LogP contribution in [-0.2, 0) is 26.2 Å². The number of hydrogen-bond donors (Lipinski definition) is 2. The SMILES string of the molecule is Oc1c(I)cc(I)cc1CN(CCN(Cc1ccccn1)Cc1cc(I)cc(I)c1O)Cc1ccccn1. The lowest BCUT2D eigenvalue weighted by Gasteiger charge is -2.28. The van der Waals surface area contributed by atoms with E-state index in [2.05, 4.69) is 110 Å². The third-order valence-electron chi connectivity index (χ3n) is 5.96. The highest BCUT2D eigenvalue weighted by molar-refractivity contribution is 14.1. The summed E-state index contributed by atoms with van der Waals surface area (Å²) < 4.78 is 3.89. The van der Waals surface area contributed by atoms with Gasteiger partial charge in [-0.15, -0.1) is 0 Å². The number of aromatic nitrogens is 2. The maximum Gasteiger partial charge on any atom is 0.133 e. The van der Waals surface area contributed by atoms with E-state index in [4.69, 9.17) is 0 Å². The highest BCUT2D eigenvalue weighted by Gasteiger charge is 2.18. The zero-order valence-electron chi connectivity index (χ0n) is 20.4. The molecule has 2 aromatic carbocycles. The number of hydrogen-bond acceptors (Lipinski definition) is 6. The molecule has 2 N–H and O–H groups in total. The molecule has 0 aliphatic heterocycles. The van der Waals surface area contributed by atoms with Crippen molar-refractivity contribution in [2.45, 2.75) is 26.2 Å². The summed E-state index contributed by atoms with van der Waals surface area (Å²) in [6.45, 7) is 4.00. The molecule has 0 saturated heterocycles. The molecule has 0 saturated carbocycles. The van der Waals surface area contributed by atoms with E-state index in [1.54, 1.807) is 0 Å². The van der Waals surface area contributed by atoms with Gasteiger partial charge in [-0.2, -0.15) is 0 Å². The summed E-state index contributed by atoms with van der Waals surface area (Å²) in [5, 5.41) is 21.6. The average Bonchev–Trinajstić information content (AvgIpc) is 2.89. The Morgan fingerprint density at radius 2 is 1.00 bits per heavy atom. The molecule has 4 rings (SSSR count). The molecule has 0 bridgehead atoms. The van der Waals surface area contributed by atoms with Crippen LogP contribution in [0.3, 0.4) is 0 Å². The Balaban J connectivity index is 1.58. The van der Waals surface area contributed by atoms with E-state index < -0.39 is 0 Å². The van der Waals surface area contributed by atoms with Gasteiger partial charge in [0.25, 0.3) is 0 Å². The summed E-state index contributed by atoms with van der Waals surface area (Å²) >= 11 is 8.96. The molecular formula is C28H26I4N4O2. The zero-order valence-corrected chi connectivity index (χ0v) is 29.0. The highest BCUT2D eigenvalue weighted by Crippen LogP contribution is 2.30. The van der Waals surface area contributed by atoms with Gasteiger partial charge < -0.3 is 10.2 Å². The lowest BCUT2D eigenvalue weighted by atomic mass is 10.1. The van der Waals surface area contributed by atoms with Crippen molar-refractivity contribution in [3.05, 3.63) is 110 Å². The summed E-state index contributed by atoms with van der Waals surface area (Å²) in [6, 6.07) is 20.0. The van der Waals surface area contributed by atoms with E-state index in [0.29, 0.717) is 37.7 Å². The molecule has 0 aliphatic rings. The Bertz CT molecular complexity index is 1260. The lowest BCUT2D eigenvalue weighted by molar-refractivity contribution is 0.178. The fourth-order valence-corrected chi connectivity index (χ4v) is 8.04. The van der Waals surface area contributed by atoms with E-state index in [1.807, 2.05) is 73.1 Å². The second-order valence-electron chi connectivity index (χ2n) is 8.85. The summed E-state index contributed by atoms with van der Waals surface area (Å²) in [6.07, 6.45) is 3.63. The van der Waals surface area contributed by atoms with E-state index in [0.717, 1.165) is 49.9 Å². The number of rotatable bonds is 11. The Morgan fingerprint density at radius 1 is 0.579 bits per heavy atom. The smallest absolute Gasteiger partial charge is 0.133 e. The minimum Gasteiger partial charge on any atom is -0.507 e. The predicted octanol–water partition coefficient (Wildman–Crippen LogP) is 7.01. The van der Waals surface area contributed by atoms with Crippen molar-refractivity contribution in [3.8, 4) is 11.5 Å². The van der Waals surface area contributed by atoms with Crippen molar-refractivity contribution in [1.29, 1.82) is 0 Å². The molecule has 0 spiro atoms. The van der Waals surface area contributed by atoms with Crippen molar-refractivity contribution in [2.75, 3.05) is 13.1 Å². The van der Waals surface area contributed by atoms with Crippen LogP contribution in [0.2, 0.25) is 0 Å². The van der Waals surface area contributed by atoms with E-state index in [-0.39, 0.29) is 0 Å². The third kappa shape index (κ3) is 8.84. The molecular weight excluding hydrogens is 932 g/mol. The van der Waals surface area contributed by atoms with Gasteiger partial charge >= 0.3 is 0 Å². The van der Waals surface area contributed by atoms with Gasteiger partial charge in [-0.05, 0) is 139 Å². The average molecular weight is 958 g/mol. The molecule has 0 fully saturated rings. The molecule has 0 amide bonds. The van der Waals surface area contributed by atoms with Crippen LogP contribution in [0.4, 0.5) is 0 Å². The van der Waals surface area contributed by atoms with Crippen LogP contribution in [-0.4, -0.2) is 43.1 Å². The number of phenols is 2. The minimum absolute atomic E-state index is 0.334. The van der Waals surface area contributed by atoms with Crippen LogP contribution >= 0.6 is 90.4 Å². The minimum atomic E-state index is 0.334. The van der Waals surface area contributed by atoms with Crippen LogP contribution in [0.15, 0.2) is 73.1 Å². The Morgan fingerprint density at radius 3 is 1.37 bits per heavy atom. The van der Waals surface area contributed by atoms with Gasteiger partial charge in [0.05, 0.1) is 18.5 Å². The monoisotopic (exact) mass is 958 g/mol. The second-order valence-corrected chi connectivity index (χ2v) is 13.7. The Kier molecular flexibility index (Phi) is 11.7. The largest absolute Gasteiger partial charge is 0.507 e. The molecule has 2 heterocycles. The van der Waals surface area contributed by atoms with Crippen LogP contribution in [0.5, 0.6) is 11.5 Å². The molecule has 0 aliphatic carbocycles. The second kappa shape index (κ2) is 14.7. The van der Waals surface area contributed by atoms with Crippen LogP contribution in [0.25, 0.3) is 0 Å². The summed E-state index contributed by atoms with van der Waals surface area (Å²) in [4.78, 5) is 13.7. The molecule has 0 radical (unpaired) electrons. The van der Waals surface area contributed by atoms with Gasteiger partial charge in [-0.25, -0.2) is 0 Å². The maximum atomic E-state index is 10.8. The molecule has 0 unspecified atom stereocenters. The van der Waals surface area contributed by atoms with Gasteiger partial charge in [0.2, 0.25) is 0 Å². The number of aromatic hydroxyl groups is 2. The van der Waals surface area contributed by atoms with Crippen molar-refractivity contribution in [3.63, 3.8) is 0 Å². The molecule has 38 heavy (non-hydrogen) atoms. The van der Waals surface area contributed by atoms with Gasteiger partial charge in [-0.1, -0.05) is 12.1 Å². The number of halogens is 4. The fourth-order valence-electron chi connectivity index (χ4n) is 4.11. The predicted molar refractivity (Wildman–Crippen MR) is 184 cm³/mol. The zero-order chi connectivity index (χ0) is 27.1. The first-order chi connectivity index (χ1) is 18.3. The maximum absolute atomic E-state index is 10.8. The summed E-state index contributed by atoms with van der Waals surface area (Å²) in [7, 11) is 0.